The van der Waals surface area contributed by atoms with Crippen LogP contribution in [-0.4, -0.2) is 46.9 Å². The van der Waals surface area contributed by atoms with Gasteiger partial charge in [0.2, 0.25) is 0 Å². The highest BCUT2D eigenvalue weighted by Crippen LogP contribution is 2.36. The lowest BCUT2D eigenvalue weighted by molar-refractivity contribution is -0.104. The van der Waals surface area contributed by atoms with Gasteiger partial charge < -0.3 is 15.4 Å². The third-order valence-electron chi connectivity index (χ3n) is 6.69. The lowest BCUT2D eigenvalue weighted by Crippen LogP contribution is -2.21. The standard InChI is InChI=1S/C27H29ClFN5O2/c1-34(19-7-8-19)11-10-18(15-35)32-25-13-21-24(14-26(25)36-20-4-2-3-5-20)30-16-31-27(21)33-17-6-9-23(29)22(28)12-17/h6,9-10,12-16,19-20,32H,2-5,7-8,11H2,1H3,(H,30,31,33)/b18-10-. The van der Waals surface area contributed by atoms with E-state index in [0.29, 0.717) is 46.7 Å². The maximum absolute atomic E-state index is 13.6. The highest BCUT2D eigenvalue weighted by molar-refractivity contribution is 6.31. The smallest absolute Gasteiger partial charge is 0.165 e. The second-order valence-corrected chi connectivity index (χ2v) is 9.85. The van der Waals surface area contributed by atoms with Crippen molar-refractivity contribution in [1.82, 2.24) is 14.9 Å². The van der Waals surface area contributed by atoms with Crippen LogP contribution in [0.4, 0.5) is 21.6 Å². The Bertz CT molecular complexity index is 1290. The molecule has 1 heterocycles. The van der Waals surface area contributed by atoms with Crippen LogP contribution in [0.2, 0.25) is 5.02 Å². The number of hydrogen-bond donors (Lipinski definition) is 2. The molecule has 3 aromatic rings. The number of nitrogens with one attached hydrogen (secondary N) is 2. The fourth-order valence-electron chi connectivity index (χ4n) is 4.47. The number of rotatable bonds is 10. The van der Waals surface area contributed by atoms with Crippen molar-refractivity contribution in [2.24, 2.45) is 0 Å². The van der Waals surface area contributed by atoms with Crippen LogP contribution in [0.1, 0.15) is 38.5 Å². The number of aromatic nitrogens is 2. The van der Waals surface area contributed by atoms with Gasteiger partial charge in [0, 0.05) is 29.7 Å². The molecule has 0 aliphatic heterocycles. The summed E-state index contributed by atoms with van der Waals surface area (Å²) in [6.45, 7) is 0.680. The number of carbonyl (C=O) groups excluding carboxylic acids is 1. The molecular weight excluding hydrogens is 481 g/mol. The summed E-state index contributed by atoms with van der Waals surface area (Å²) in [5.41, 5.74) is 2.41. The molecule has 0 bridgehead atoms. The number of halogens is 2. The maximum atomic E-state index is 13.6. The third kappa shape index (κ3) is 5.77. The van der Waals surface area contributed by atoms with Crippen LogP contribution in [0.5, 0.6) is 5.75 Å². The molecule has 2 aliphatic rings. The van der Waals surface area contributed by atoms with Crippen molar-refractivity contribution < 1.29 is 13.9 Å². The van der Waals surface area contributed by atoms with Crippen LogP contribution in [0.25, 0.3) is 10.9 Å². The van der Waals surface area contributed by atoms with E-state index in [9.17, 15) is 9.18 Å². The van der Waals surface area contributed by atoms with Crippen LogP contribution in [0.15, 0.2) is 48.4 Å². The number of carbonyl (C=O) groups is 1. The Labute approximate surface area is 214 Å². The summed E-state index contributed by atoms with van der Waals surface area (Å²) in [6.07, 6.45) is 11.0. The molecule has 0 atom stereocenters. The van der Waals surface area contributed by atoms with Crippen molar-refractivity contribution in [2.45, 2.75) is 50.7 Å². The molecule has 2 aliphatic carbocycles. The van der Waals surface area contributed by atoms with E-state index in [4.69, 9.17) is 16.3 Å². The summed E-state index contributed by atoms with van der Waals surface area (Å²) in [5, 5.41) is 7.21. The number of fused-ring (bicyclic) bond motifs is 1. The minimum atomic E-state index is -0.490. The minimum Gasteiger partial charge on any atom is -0.488 e. The first-order valence-electron chi connectivity index (χ1n) is 12.3. The number of likely N-dealkylation sites (N-methyl/N-ethyl adjacent to an activating group) is 1. The van der Waals surface area contributed by atoms with E-state index in [2.05, 4.69) is 32.5 Å². The van der Waals surface area contributed by atoms with Gasteiger partial charge in [-0.25, -0.2) is 14.4 Å². The average Bonchev–Trinajstić information content (AvgIpc) is 3.61. The molecule has 2 N–H and O–H groups in total. The molecule has 0 radical (unpaired) electrons. The van der Waals surface area contributed by atoms with E-state index < -0.39 is 5.82 Å². The molecule has 5 rings (SSSR count). The van der Waals surface area contributed by atoms with Gasteiger partial charge in [0.05, 0.1) is 28.0 Å². The molecule has 188 valence electrons. The second kappa shape index (κ2) is 10.8. The van der Waals surface area contributed by atoms with E-state index in [1.54, 1.807) is 6.07 Å². The Morgan fingerprint density at radius 3 is 2.72 bits per heavy atom. The molecule has 2 aromatic carbocycles. The largest absolute Gasteiger partial charge is 0.488 e. The fourth-order valence-corrected chi connectivity index (χ4v) is 4.65. The predicted molar refractivity (Wildman–Crippen MR) is 141 cm³/mol. The number of anilines is 3. The SMILES string of the molecule is CN(C/C=C(/C=O)Nc1cc2c(Nc3ccc(F)c(Cl)c3)ncnc2cc1OC1CCCC1)C1CC1. The zero-order valence-corrected chi connectivity index (χ0v) is 20.9. The molecule has 2 fully saturated rings. The summed E-state index contributed by atoms with van der Waals surface area (Å²) in [7, 11) is 2.07. The summed E-state index contributed by atoms with van der Waals surface area (Å²) in [5.74, 6) is 0.686. The zero-order valence-electron chi connectivity index (χ0n) is 20.1. The monoisotopic (exact) mass is 509 g/mol. The Kier molecular flexibility index (Phi) is 7.34. The van der Waals surface area contributed by atoms with Crippen LogP contribution >= 0.6 is 11.6 Å². The lowest BCUT2D eigenvalue weighted by atomic mass is 10.1. The number of ether oxygens (including phenoxy) is 1. The van der Waals surface area contributed by atoms with Crippen molar-refractivity contribution in [3.05, 3.63) is 59.3 Å². The molecule has 2 saturated carbocycles. The van der Waals surface area contributed by atoms with Gasteiger partial charge in [-0.05, 0) is 75.9 Å². The quantitative estimate of drug-likeness (QED) is 0.253. The normalized spacial score (nSPS) is 16.5. The van der Waals surface area contributed by atoms with Gasteiger partial charge in [-0.15, -0.1) is 0 Å². The van der Waals surface area contributed by atoms with Crippen molar-refractivity contribution in [2.75, 3.05) is 24.2 Å². The summed E-state index contributed by atoms with van der Waals surface area (Å²) in [4.78, 5) is 23.0. The third-order valence-corrected chi connectivity index (χ3v) is 6.98. The van der Waals surface area contributed by atoms with Crippen LogP contribution in [0, 0.1) is 5.82 Å². The van der Waals surface area contributed by atoms with Gasteiger partial charge in [0.15, 0.2) is 6.29 Å². The van der Waals surface area contributed by atoms with E-state index in [1.807, 2.05) is 18.2 Å². The molecule has 0 unspecified atom stereocenters. The van der Waals surface area contributed by atoms with Gasteiger partial charge in [-0.1, -0.05) is 11.6 Å². The summed E-state index contributed by atoms with van der Waals surface area (Å²) < 4.78 is 20.0. The van der Waals surface area contributed by atoms with Gasteiger partial charge in [-0.2, -0.15) is 0 Å². The van der Waals surface area contributed by atoms with Crippen LogP contribution in [-0.2, 0) is 4.79 Å². The number of allylic oxidation sites excluding steroid dienone is 1. The van der Waals surface area contributed by atoms with Crippen LogP contribution in [0.3, 0.4) is 0 Å². The van der Waals surface area contributed by atoms with Gasteiger partial charge in [0.1, 0.15) is 23.7 Å². The molecule has 0 saturated heterocycles. The zero-order chi connectivity index (χ0) is 25.1. The summed E-state index contributed by atoms with van der Waals surface area (Å²) in [6, 6.07) is 8.75. The molecule has 9 heteroatoms. The highest BCUT2D eigenvalue weighted by Gasteiger charge is 2.25. The second-order valence-electron chi connectivity index (χ2n) is 9.44. The van der Waals surface area contributed by atoms with E-state index in [0.717, 1.165) is 37.4 Å². The van der Waals surface area contributed by atoms with Crippen LogP contribution < -0.4 is 15.4 Å². The molecule has 1 aromatic heterocycles. The topological polar surface area (TPSA) is 79.4 Å². The fraction of sp³-hybridized carbons (Fsp3) is 0.370. The summed E-state index contributed by atoms with van der Waals surface area (Å²) >= 11 is 5.96. The first-order chi connectivity index (χ1) is 17.5. The first kappa shape index (κ1) is 24.5. The van der Waals surface area contributed by atoms with Crippen molar-refractivity contribution >= 4 is 46.0 Å². The molecule has 7 nitrogen and oxygen atoms in total. The molecular formula is C27H29ClFN5O2. The van der Waals surface area contributed by atoms with Gasteiger partial charge in [0.25, 0.3) is 0 Å². The molecule has 36 heavy (non-hydrogen) atoms. The van der Waals surface area contributed by atoms with Crippen molar-refractivity contribution in [3.63, 3.8) is 0 Å². The van der Waals surface area contributed by atoms with Crippen molar-refractivity contribution in [1.29, 1.82) is 0 Å². The Hall–Kier alpha value is -3.23. The van der Waals surface area contributed by atoms with Crippen molar-refractivity contribution in [3.8, 4) is 5.75 Å². The van der Waals surface area contributed by atoms with E-state index in [-0.39, 0.29) is 11.1 Å². The maximum Gasteiger partial charge on any atom is 0.165 e. The average molecular weight is 510 g/mol. The minimum absolute atomic E-state index is 0.0184. The number of nitrogens with zero attached hydrogens (tertiary/aromatic N) is 3. The highest BCUT2D eigenvalue weighted by atomic mass is 35.5. The lowest BCUT2D eigenvalue weighted by Gasteiger charge is -2.19. The predicted octanol–water partition coefficient (Wildman–Crippen LogP) is 6.08. The molecule has 0 amide bonds. The van der Waals surface area contributed by atoms with Gasteiger partial charge in [-0.3, -0.25) is 9.69 Å². The first-order valence-corrected chi connectivity index (χ1v) is 12.7. The number of aldehydes is 1. The van der Waals surface area contributed by atoms with E-state index >= 15 is 0 Å². The van der Waals surface area contributed by atoms with E-state index in [1.165, 1.54) is 31.3 Å². The Balaban J connectivity index is 1.49. The number of benzene rings is 2. The van der Waals surface area contributed by atoms with Gasteiger partial charge >= 0.3 is 0 Å². The Morgan fingerprint density at radius 2 is 2.00 bits per heavy atom. The number of hydrogen-bond acceptors (Lipinski definition) is 7. The molecule has 0 spiro atoms. The Morgan fingerprint density at radius 1 is 1.19 bits per heavy atom.